The molecule has 1 amide bonds. The first kappa shape index (κ1) is 21.7. The number of likely N-dealkylation sites (tertiary alicyclic amines) is 1. The Kier molecular flexibility index (Phi) is 6.58. The number of para-hydroxylation sites is 1. The number of anilines is 1. The van der Waals surface area contributed by atoms with E-state index >= 15 is 0 Å². The Hall–Kier alpha value is -3.55. The van der Waals surface area contributed by atoms with Crippen LogP contribution in [0.5, 0.6) is 5.75 Å². The van der Waals surface area contributed by atoms with Crippen molar-refractivity contribution >= 4 is 11.7 Å². The van der Waals surface area contributed by atoms with Crippen LogP contribution in [-0.2, 0) is 4.79 Å². The second-order valence-corrected chi connectivity index (χ2v) is 8.01. The van der Waals surface area contributed by atoms with Crippen molar-refractivity contribution in [2.75, 3.05) is 38.7 Å². The van der Waals surface area contributed by atoms with Crippen molar-refractivity contribution in [3.05, 3.63) is 66.4 Å². The maximum atomic E-state index is 13.8. The molecule has 1 aromatic carbocycles. The summed E-state index contributed by atoms with van der Waals surface area (Å²) in [5, 5.41) is 0. The van der Waals surface area contributed by atoms with Crippen molar-refractivity contribution in [2.45, 2.75) is 18.8 Å². The molecular formula is C24H26FN5O2. The fourth-order valence-corrected chi connectivity index (χ4v) is 3.75. The Morgan fingerprint density at radius 3 is 2.81 bits per heavy atom. The lowest BCUT2D eigenvalue weighted by molar-refractivity contribution is -0.134. The fraction of sp³-hybridized carbons (Fsp3) is 0.333. The number of piperidine rings is 1. The van der Waals surface area contributed by atoms with E-state index < -0.39 is 5.82 Å². The van der Waals surface area contributed by atoms with Crippen molar-refractivity contribution in [1.82, 2.24) is 19.9 Å². The van der Waals surface area contributed by atoms with Crippen LogP contribution in [0.15, 0.2) is 54.9 Å². The Morgan fingerprint density at radius 1 is 1.22 bits per heavy atom. The molecule has 2 aromatic heterocycles. The van der Waals surface area contributed by atoms with Crippen LogP contribution in [0.25, 0.3) is 11.4 Å². The maximum absolute atomic E-state index is 13.8. The molecular weight excluding hydrogens is 409 g/mol. The molecule has 3 heterocycles. The summed E-state index contributed by atoms with van der Waals surface area (Å²) in [5.41, 5.74) is 1.74. The molecule has 1 atom stereocenters. The summed E-state index contributed by atoms with van der Waals surface area (Å²) < 4.78 is 19.2. The lowest BCUT2D eigenvalue weighted by Gasteiger charge is -2.33. The largest absolute Gasteiger partial charge is 0.481 e. The zero-order valence-corrected chi connectivity index (χ0v) is 18.2. The molecule has 0 radical (unpaired) electrons. The normalized spacial score (nSPS) is 16.0. The monoisotopic (exact) mass is 435 g/mol. The average Bonchev–Trinajstić information content (AvgIpc) is 2.83. The van der Waals surface area contributed by atoms with Crippen LogP contribution in [-0.4, -0.2) is 59.6 Å². The number of pyridine rings is 1. The average molecular weight is 436 g/mol. The van der Waals surface area contributed by atoms with Gasteiger partial charge in [0.15, 0.2) is 24.0 Å². The van der Waals surface area contributed by atoms with E-state index in [0.29, 0.717) is 18.9 Å². The molecule has 0 N–H and O–H groups in total. The number of halogens is 1. The Morgan fingerprint density at radius 2 is 2.06 bits per heavy atom. The zero-order chi connectivity index (χ0) is 22.5. The fourth-order valence-electron chi connectivity index (χ4n) is 3.75. The molecule has 1 aliphatic rings. The highest BCUT2D eigenvalue weighted by Gasteiger charge is 2.27. The summed E-state index contributed by atoms with van der Waals surface area (Å²) in [4.78, 5) is 30.1. The number of hydrogen-bond acceptors (Lipinski definition) is 6. The standard InChI is InChI=1S/C24H26FN5O2/c1-29(2)22-13-20(27-24(28-22)17-7-5-11-26-14-17)18-8-6-12-30(15-18)23(31)16-32-21-10-4-3-9-19(21)25/h3-5,7,9-11,13-14,18H,6,8,12,15-16H2,1-2H3. The number of rotatable bonds is 6. The zero-order valence-electron chi connectivity index (χ0n) is 18.2. The topological polar surface area (TPSA) is 71.5 Å². The van der Waals surface area contributed by atoms with E-state index in [2.05, 4.69) is 9.97 Å². The summed E-state index contributed by atoms with van der Waals surface area (Å²) in [5.74, 6) is 0.954. The van der Waals surface area contributed by atoms with E-state index in [4.69, 9.17) is 9.72 Å². The first-order valence-corrected chi connectivity index (χ1v) is 10.6. The van der Waals surface area contributed by atoms with Crippen molar-refractivity contribution < 1.29 is 13.9 Å². The van der Waals surface area contributed by atoms with Crippen LogP contribution in [0.1, 0.15) is 24.5 Å². The van der Waals surface area contributed by atoms with E-state index in [1.807, 2.05) is 37.2 Å². The van der Waals surface area contributed by atoms with Gasteiger partial charge in [-0.25, -0.2) is 14.4 Å². The van der Waals surface area contributed by atoms with Crippen LogP contribution >= 0.6 is 0 Å². The van der Waals surface area contributed by atoms with Gasteiger partial charge in [0.1, 0.15) is 5.82 Å². The van der Waals surface area contributed by atoms with E-state index in [1.165, 1.54) is 12.1 Å². The SMILES string of the molecule is CN(C)c1cc(C2CCCN(C(=O)COc3ccccc3F)C2)nc(-c2cccnc2)n1. The van der Waals surface area contributed by atoms with Gasteiger partial charge in [-0.15, -0.1) is 0 Å². The van der Waals surface area contributed by atoms with Gasteiger partial charge in [-0.2, -0.15) is 0 Å². The minimum atomic E-state index is -0.475. The van der Waals surface area contributed by atoms with Gasteiger partial charge in [0.05, 0.1) is 5.69 Å². The number of nitrogens with zero attached hydrogens (tertiary/aromatic N) is 5. The first-order chi connectivity index (χ1) is 15.5. The van der Waals surface area contributed by atoms with Crippen LogP contribution in [0.2, 0.25) is 0 Å². The van der Waals surface area contributed by atoms with Crippen molar-refractivity contribution in [3.63, 3.8) is 0 Å². The second-order valence-electron chi connectivity index (χ2n) is 8.01. The summed E-state index contributed by atoms with van der Waals surface area (Å²) in [6.07, 6.45) is 5.25. The highest BCUT2D eigenvalue weighted by molar-refractivity contribution is 5.78. The van der Waals surface area contributed by atoms with Gasteiger partial charge in [0.25, 0.3) is 5.91 Å². The molecule has 1 aliphatic heterocycles. The van der Waals surface area contributed by atoms with E-state index in [0.717, 1.165) is 29.9 Å². The van der Waals surface area contributed by atoms with Gasteiger partial charge in [-0.1, -0.05) is 12.1 Å². The van der Waals surface area contributed by atoms with E-state index in [9.17, 15) is 9.18 Å². The molecule has 1 fully saturated rings. The van der Waals surface area contributed by atoms with Crippen LogP contribution in [0.4, 0.5) is 10.2 Å². The molecule has 0 aliphatic carbocycles. The highest BCUT2D eigenvalue weighted by Crippen LogP contribution is 2.29. The van der Waals surface area contributed by atoms with E-state index in [1.54, 1.807) is 29.4 Å². The Labute approximate surface area is 186 Å². The number of aromatic nitrogens is 3. The summed E-state index contributed by atoms with van der Waals surface area (Å²) in [7, 11) is 3.88. The predicted octanol–water partition coefficient (Wildman–Crippen LogP) is 3.53. The van der Waals surface area contributed by atoms with E-state index in [-0.39, 0.29) is 24.2 Å². The summed E-state index contributed by atoms with van der Waals surface area (Å²) >= 11 is 0. The van der Waals surface area contributed by atoms with Gasteiger partial charge < -0.3 is 14.5 Å². The first-order valence-electron chi connectivity index (χ1n) is 10.6. The van der Waals surface area contributed by atoms with Crippen LogP contribution < -0.4 is 9.64 Å². The quantitative estimate of drug-likeness (QED) is 0.590. The number of ether oxygens (including phenoxy) is 1. The number of amides is 1. The number of hydrogen-bond donors (Lipinski definition) is 0. The Bertz CT molecular complexity index is 1080. The molecule has 0 bridgehead atoms. The third-order valence-corrected chi connectivity index (χ3v) is 5.49. The smallest absolute Gasteiger partial charge is 0.260 e. The van der Waals surface area contributed by atoms with Gasteiger partial charge in [-0.3, -0.25) is 9.78 Å². The molecule has 4 rings (SSSR count). The third kappa shape index (κ3) is 5.01. The highest BCUT2D eigenvalue weighted by atomic mass is 19.1. The third-order valence-electron chi connectivity index (χ3n) is 5.49. The molecule has 1 unspecified atom stereocenters. The Balaban J connectivity index is 1.50. The van der Waals surface area contributed by atoms with Crippen molar-refractivity contribution in [3.8, 4) is 17.1 Å². The second kappa shape index (κ2) is 9.72. The number of carbonyl (C=O) groups excluding carboxylic acids is 1. The van der Waals surface area contributed by atoms with Crippen molar-refractivity contribution in [1.29, 1.82) is 0 Å². The van der Waals surface area contributed by atoms with Gasteiger partial charge in [0, 0.05) is 57.1 Å². The van der Waals surface area contributed by atoms with Crippen LogP contribution in [0, 0.1) is 5.82 Å². The minimum absolute atomic E-state index is 0.0817. The van der Waals surface area contributed by atoms with Gasteiger partial charge in [0.2, 0.25) is 0 Å². The molecule has 7 nitrogen and oxygen atoms in total. The molecule has 0 saturated carbocycles. The molecule has 32 heavy (non-hydrogen) atoms. The lowest BCUT2D eigenvalue weighted by Crippen LogP contribution is -2.41. The summed E-state index contributed by atoms with van der Waals surface area (Å²) in [6.45, 7) is 0.994. The molecule has 1 saturated heterocycles. The van der Waals surface area contributed by atoms with Gasteiger partial charge in [-0.05, 0) is 37.1 Å². The minimum Gasteiger partial charge on any atom is -0.481 e. The predicted molar refractivity (Wildman–Crippen MR) is 120 cm³/mol. The molecule has 0 spiro atoms. The summed E-state index contributed by atoms with van der Waals surface area (Å²) in [6, 6.07) is 11.9. The van der Waals surface area contributed by atoms with Crippen LogP contribution in [0.3, 0.4) is 0 Å². The number of carbonyl (C=O) groups is 1. The lowest BCUT2D eigenvalue weighted by atomic mass is 9.94. The van der Waals surface area contributed by atoms with Gasteiger partial charge >= 0.3 is 0 Å². The maximum Gasteiger partial charge on any atom is 0.260 e. The molecule has 8 heteroatoms. The van der Waals surface area contributed by atoms with Crippen molar-refractivity contribution in [2.24, 2.45) is 0 Å². The molecule has 166 valence electrons. The molecule has 3 aromatic rings. The number of benzene rings is 1.